The molecule has 0 aliphatic carbocycles. The Bertz CT molecular complexity index is 1270. The second-order valence-electron chi connectivity index (χ2n) is 6.74. The third-order valence-corrected chi connectivity index (χ3v) is 5.54. The zero-order valence-electron chi connectivity index (χ0n) is 16.6. The molecule has 0 aliphatic rings. The van der Waals surface area contributed by atoms with Crippen LogP contribution in [0.3, 0.4) is 0 Å². The number of methoxy groups -OCH3 is 1. The van der Waals surface area contributed by atoms with Crippen LogP contribution in [0.15, 0.2) is 53.6 Å². The summed E-state index contributed by atoms with van der Waals surface area (Å²) in [5.41, 5.74) is 1.03. The molecule has 0 aliphatic heterocycles. The molecule has 2 N–H and O–H groups in total. The van der Waals surface area contributed by atoms with Crippen LogP contribution in [-0.4, -0.2) is 44.6 Å². The van der Waals surface area contributed by atoms with Crippen LogP contribution in [0.4, 0.5) is 0 Å². The summed E-state index contributed by atoms with van der Waals surface area (Å²) in [7, 11) is 1.56. The van der Waals surface area contributed by atoms with Crippen molar-refractivity contribution in [2.45, 2.75) is 12.5 Å². The number of amides is 1. The van der Waals surface area contributed by atoms with Crippen molar-refractivity contribution in [3.05, 3.63) is 70.4 Å². The quantitative estimate of drug-likeness (QED) is 0.474. The lowest BCUT2D eigenvalue weighted by Crippen LogP contribution is -2.33. The molecule has 8 nitrogen and oxygen atoms in total. The summed E-state index contributed by atoms with van der Waals surface area (Å²) >= 11 is 1.68. The second-order valence-corrected chi connectivity index (χ2v) is 7.72. The topological polar surface area (TPSA) is 101 Å². The zero-order valence-corrected chi connectivity index (χ0v) is 17.4. The summed E-state index contributed by atoms with van der Waals surface area (Å²) in [6, 6.07) is 10.3. The highest BCUT2D eigenvalue weighted by molar-refractivity contribution is 7.98. The van der Waals surface area contributed by atoms with Crippen LogP contribution in [0.2, 0.25) is 0 Å². The molecule has 9 heteroatoms. The number of aromatic amines is 1. The number of rotatable bonds is 7. The van der Waals surface area contributed by atoms with Gasteiger partial charge in [-0.1, -0.05) is 6.07 Å². The number of carbonyl (C=O) groups is 1. The molecule has 1 atom stereocenters. The van der Waals surface area contributed by atoms with Crippen molar-refractivity contribution in [2.75, 3.05) is 19.1 Å². The van der Waals surface area contributed by atoms with Crippen LogP contribution >= 0.6 is 11.8 Å². The summed E-state index contributed by atoms with van der Waals surface area (Å²) in [4.78, 5) is 28.9. The SMILES string of the molecule is COc1ccc2c(=O)c(C(=O)N[C@@H](CCSC)c3nnc4ccccn34)c[nH]c2c1. The van der Waals surface area contributed by atoms with Crippen molar-refractivity contribution in [2.24, 2.45) is 0 Å². The molecule has 0 unspecified atom stereocenters. The minimum atomic E-state index is -0.451. The van der Waals surface area contributed by atoms with Gasteiger partial charge in [0.05, 0.1) is 18.7 Å². The van der Waals surface area contributed by atoms with E-state index in [2.05, 4.69) is 20.5 Å². The first-order valence-corrected chi connectivity index (χ1v) is 10.8. The maximum Gasteiger partial charge on any atom is 0.257 e. The van der Waals surface area contributed by atoms with E-state index in [1.54, 1.807) is 37.1 Å². The first-order chi connectivity index (χ1) is 14.6. The Morgan fingerprint density at radius 1 is 1.30 bits per heavy atom. The number of thioether (sulfide) groups is 1. The lowest BCUT2D eigenvalue weighted by atomic mass is 10.1. The van der Waals surface area contributed by atoms with Gasteiger partial charge in [-0.3, -0.25) is 14.0 Å². The average Bonchev–Trinajstić information content (AvgIpc) is 3.20. The number of aromatic nitrogens is 4. The Morgan fingerprint density at radius 3 is 2.97 bits per heavy atom. The van der Waals surface area contributed by atoms with Crippen molar-refractivity contribution >= 4 is 34.2 Å². The molecule has 0 radical (unpaired) electrons. The minimum Gasteiger partial charge on any atom is -0.497 e. The van der Waals surface area contributed by atoms with E-state index >= 15 is 0 Å². The summed E-state index contributed by atoms with van der Waals surface area (Å²) in [5, 5.41) is 11.9. The number of benzene rings is 1. The van der Waals surface area contributed by atoms with E-state index in [1.807, 2.05) is 35.1 Å². The molecule has 0 saturated heterocycles. The average molecular weight is 423 g/mol. The molecule has 0 fully saturated rings. The predicted octanol–water partition coefficient (Wildman–Crippen LogP) is 2.80. The van der Waals surface area contributed by atoms with E-state index < -0.39 is 5.91 Å². The Labute approximate surface area is 176 Å². The fraction of sp³-hybridized carbons (Fsp3) is 0.238. The molecular formula is C21H21N5O3S. The summed E-state index contributed by atoms with van der Waals surface area (Å²) < 4.78 is 7.04. The van der Waals surface area contributed by atoms with Crippen LogP contribution in [-0.2, 0) is 0 Å². The number of hydrogen-bond acceptors (Lipinski definition) is 6. The van der Waals surface area contributed by atoms with Gasteiger partial charge in [0.2, 0.25) is 5.43 Å². The van der Waals surface area contributed by atoms with Gasteiger partial charge in [0, 0.05) is 23.8 Å². The van der Waals surface area contributed by atoms with Gasteiger partial charge < -0.3 is 15.0 Å². The summed E-state index contributed by atoms with van der Waals surface area (Å²) in [6.07, 6.45) is 5.96. The largest absolute Gasteiger partial charge is 0.497 e. The van der Waals surface area contributed by atoms with Crippen molar-refractivity contribution < 1.29 is 9.53 Å². The van der Waals surface area contributed by atoms with Crippen LogP contribution < -0.4 is 15.5 Å². The maximum absolute atomic E-state index is 13.0. The van der Waals surface area contributed by atoms with Crippen molar-refractivity contribution in [3.8, 4) is 5.75 Å². The third-order valence-electron chi connectivity index (χ3n) is 4.90. The third kappa shape index (κ3) is 3.76. The van der Waals surface area contributed by atoms with Crippen LogP contribution in [0.1, 0.15) is 28.6 Å². The molecule has 0 bridgehead atoms. The minimum absolute atomic E-state index is 0.0515. The van der Waals surface area contributed by atoms with E-state index in [0.29, 0.717) is 34.5 Å². The fourth-order valence-corrected chi connectivity index (χ4v) is 3.80. The van der Waals surface area contributed by atoms with E-state index in [4.69, 9.17) is 4.74 Å². The number of H-pyrrole nitrogens is 1. The van der Waals surface area contributed by atoms with Gasteiger partial charge in [-0.05, 0) is 42.7 Å². The van der Waals surface area contributed by atoms with Crippen LogP contribution in [0, 0.1) is 0 Å². The molecule has 4 rings (SSSR count). The number of nitrogens with one attached hydrogen (secondary N) is 2. The number of pyridine rings is 2. The van der Waals surface area contributed by atoms with E-state index in [-0.39, 0.29) is 17.0 Å². The van der Waals surface area contributed by atoms with Crippen LogP contribution in [0.25, 0.3) is 16.6 Å². The van der Waals surface area contributed by atoms with Gasteiger partial charge in [-0.25, -0.2) is 0 Å². The van der Waals surface area contributed by atoms with E-state index in [0.717, 1.165) is 5.75 Å². The second kappa shape index (κ2) is 8.58. The molecule has 1 amide bonds. The Morgan fingerprint density at radius 2 is 2.17 bits per heavy atom. The molecule has 0 saturated carbocycles. The van der Waals surface area contributed by atoms with Crippen LogP contribution in [0.5, 0.6) is 5.75 Å². The molecule has 1 aromatic carbocycles. The van der Waals surface area contributed by atoms with Crippen molar-refractivity contribution in [3.63, 3.8) is 0 Å². The van der Waals surface area contributed by atoms with Gasteiger partial charge in [-0.2, -0.15) is 11.8 Å². The Balaban J connectivity index is 1.67. The molecule has 4 aromatic rings. The maximum atomic E-state index is 13.0. The number of nitrogens with zero attached hydrogens (tertiary/aromatic N) is 3. The predicted molar refractivity (Wildman–Crippen MR) is 117 cm³/mol. The monoisotopic (exact) mass is 423 g/mol. The number of carbonyl (C=O) groups excluding carboxylic acids is 1. The highest BCUT2D eigenvalue weighted by atomic mass is 32.2. The van der Waals surface area contributed by atoms with Gasteiger partial charge in [0.15, 0.2) is 11.5 Å². The normalized spacial score (nSPS) is 12.2. The first kappa shape index (κ1) is 20.0. The van der Waals surface area contributed by atoms with Gasteiger partial charge in [-0.15, -0.1) is 10.2 Å². The fourth-order valence-electron chi connectivity index (χ4n) is 3.33. The molecule has 154 valence electrons. The highest BCUT2D eigenvalue weighted by Crippen LogP contribution is 2.20. The number of ether oxygens (including phenoxy) is 1. The lowest BCUT2D eigenvalue weighted by Gasteiger charge is -2.17. The van der Waals surface area contributed by atoms with E-state index in [1.165, 1.54) is 6.20 Å². The summed E-state index contributed by atoms with van der Waals surface area (Å²) in [6.45, 7) is 0. The standard InChI is InChI=1S/C21H21N5O3S/c1-29-13-6-7-14-17(11-13)22-12-15(19(14)27)21(28)23-16(8-10-30-2)20-25-24-18-5-3-4-9-26(18)20/h3-7,9,11-12,16H,8,10H2,1-2H3,(H,22,27)(H,23,28)/t16-/m0/s1. The number of hydrogen-bond donors (Lipinski definition) is 2. The highest BCUT2D eigenvalue weighted by Gasteiger charge is 2.22. The molecular weight excluding hydrogens is 402 g/mol. The summed E-state index contributed by atoms with van der Waals surface area (Å²) in [5.74, 6) is 1.63. The Hall–Kier alpha value is -3.33. The molecule has 3 aromatic heterocycles. The molecule has 3 heterocycles. The van der Waals surface area contributed by atoms with Gasteiger partial charge in [0.25, 0.3) is 5.91 Å². The smallest absolute Gasteiger partial charge is 0.257 e. The lowest BCUT2D eigenvalue weighted by molar-refractivity contribution is 0.0932. The first-order valence-electron chi connectivity index (χ1n) is 9.41. The van der Waals surface area contributed by atoms with E-state index in [9.17, 15) is 9.59 Å². The zero-order chi connectivity index (χ0) is 21.1. The van der Waals surface area contributed by atoms with Gasteiger partial charge >= 0.3 is 0 Å². The Kier molecular flexibility index (Phi) is 5.71. The van der Waals surface area contributed by atoms with Crippen molar-refractivity contribution in [1.29, 1.82) is 0 Å². The number of fused-ring (bicyclic) bond motifs is 2. The van der Waals surface area contributed by atoms with Crippen molar-refractivity contribution in [1.82, 2.24) is 24.9 Å². The molecule has 30 heavy (non-hydrogen) atoms. The van der Waals surface area contributed by atoms with Gasteiger partial charge in [0.1, 0.15) is 11.3 Å². The molecule has 0 spiro atoms.